The van der Waals surface area contributed by atoms with Crippen LogP contribution in [-0.2, 0) is 0 Å². The van der Waals surface area contributed by atoms with Gasteiger partial charge < -0.3 is 10.2 Å². The molecule has 1 aromatic rings. The summed E-state index contributed by atoms with van der Waals surface area (Å²) in [6, 6.07) is 3.57. The Morgan fingerprint density at radius 1 is 1.83 bits per heavy atom. The molecule has 0 saturated heterocycles. The van der Waals surface area contributed by atoms with Gasteiger partial charge in [-0.3, -0.25) is 0 Å². The fraction of sp³-hybridized carbons (Fsp3) is 0.143. The molecule has 5 heteroatoms. The summed E-state index contributed by atoms with van der Waals surface area (Å²) in [5, 5.41) is 5.52. The topological polar surface area (TPSA) is 54.8 Å². The maximum Gasteiger partial charge on any atom is 0.186 e. The van der Waals surface area contributed by atoms with Crippen LogP contribution < -0.4 is 5.73 Å². The van der Waals surface area contributed by atoms with Crippen molar-refractivity contribution in [2.75, 3.05) is 7.05 Å². The van der Waals surface area contributed by atoms with Crippen LogP contribution in [0.3, 0.4) is 0 Å². The van der Waals surface area contributed by atoms with Crippen molar-refractivity contribution in [3.8, 4) is 0 Å². The van der Waals surface area contributed by atoms with Crippen LogP contribution in [0, 0.1) is 0 Å². The van der Waals surface area contributed by atoms with Crippen molar-refractivity contribution in [2.24, 2.45) is 10.8 Å². The zero-order valence-corrected chi connectivity index (χ0v) is 7.41. The van der Waals surface area contributed by atoms with Crippen LogP contribution >= 0.6 is 12.2 Å². The Kier molecular flexibility index (Phi) is 2.82. The molecule has 12 heavy (non-hydrogen) atoms. The lowest BCUT2D eigenvalue weighted by atomic mass is 10.5. The summed E-state index contributed by atoms with van der Waals surface area (Å²) in [5.41, 5.74) is 5.29. The molecule has 0 spiro atoms. The summed E-state index contributed by atoms with van der Waals surface area (Å²) in [6.07, 6.45) is 3.11. The first-order valence-corrected chi connectivity index (χ1v) is 3.71. The normalized spacial score (nSPS) is 10.4. The maximum absolute atomic E-state index is 5.29. The molecule has 0 radical (unpaired) electrons. The van der Waals surface area contributed by atoms with Crippen LogP contribution in [0.5, 0.6) is 0 Å². The van der Waals surface area contributed by atoms with Gasteiger partial charge in [0.1, 0.15) is 5.76 Å². The highest BCUT2D eigenvalue weighted by Gasteiger charge is 1.94. The van der Waals surface area contributed by atoms with Crippen LogP contribution in [-0.4, -0.2) is 23.4 Å². The highest BCUT2D eigenvalue weighted by Crippen LogP contribution is 1.95. The largest absolute Gasteiger partial charge is 0.463 e. The van der Waals surface area contributed by atoms with E-state index in [4.69, 9.17) is 10.2 Å². The van der Waals surface area contributed by atoms with Crippen LogP contribution in [0.2, 0.25) is 0 Å². The van der Waals surface area contributed by atoms with Crippen molar-refractivity contribution in [1.29, 1.82) is 0 Å². The van der Waals surface area contributed by atoms with Gasteiger partial charge in [-0.1, -0.05) is 0 Å². The Labute approximate surface area is 75.6 Å². The first-order valence-electron chi connectivity index (χ1n) is 3.31. The maximum atomic E-state index is 5.29. The second kappa shape index (κ2) is 3.87. The van der Waals surface area contributed by atoms with Gasteiger partial charge in [-0.15, -0.1) is 0 Å². The molecule has 0 amide bonds. The van der Waals surface area contributed by atoms with Crippen molar-refractivity contribution in [3.05, 3.63) is 24.2 Å². The molecule has 0 aromatic carbocycles. The van der Waals surface area contributed by atoms with Crippen molar-refractivity contribution in [2.45, 2.75) is 0 Å². The summed E-state index contributed by atoms with van der Waals surface area (Å²) in [5.74, 6) is 0.665. The quantitative estimate of drug-likeness (QED) is 0.418. The molecule has 0 atom stereocenters. The number of hydrogen-bond acceptors (Lipinski definition) is 3. The molecule has 0 fully saturated rings. The van der Waals surface area contributed by atoms with Gasteiger partial charge in [0.05, 0.1) is 12.5 Å². The van der Waals surface area contributed by atoms with Crippen molar-refractivity contribution < 1.29 is 4.42 Å². The average Bonchev–Trinajstić information content (AvgIpc) is 2.51. The number of rotatable bonds is 2. The monoisotopic (exact) mass is 183 g/mol. The molecule has 0 unspecified atom stereocenters. The predicted molar refractivity (Wildman–Crippen MR) is 50.9 cm³/mol. The lowest BCUT2D eigenvalue weighted by molar-refractivity contribution is 0.536. The fourth-order valence-electron chi connectivity index (χ4n) is 0.565. The van der Waals surface area contributed by atoms with E-state index >= 15 is 0 Å². The first kappa shape index (κ1) is 8.73. The summed E-state index contributed by atoms with van der Waals surface area (Å²) in [7, 11) is 1.67. The summed E-state index contributed by atoms with van der Waals surface area (Å²) < 4.78 is 5.00. The van der Waals surface area contributed by atoms with Crippen LogP contribution in [0.4, 0.5) is 0 Å². The van der Waals surface area contributed by atoms with E-state index in [0.717, 1.165) is 0 Å². The van der Waals surface area contributed by atoms with E-state index in [9.17, 15) is 0 Å². The third kappa shape index (κ3) is 2.35. The van der Waals surface area contributed by atoms with E-state index in [-0.39, 0.29) is 5.11 Å². The number of hydrazone groups is 1. The molecule has 1 aromatic heterocycles. The lowest BCUT2D eigenvalue weighted by Crippen LogP contribution is -2.26. The number of nitrogens with two attached hydrogens (primary N) is 1. The van der Waals surface area contributed by atoms with E-state index in [1.165, 1.54) is 5.01 Å². The molecule has 0 aliphatic carbocycles. The second-order valence-electron chi connectivity index (χ2n) is 2.12. The standard InChI is InChI=1S/C7H9N3OS/c1-10(7(8)12)9-5-6-3-2-4-11-6/h2-5H,1H3,(H2,8,12)/b9-5-. The zero-order valence-electron chi connectivity index (χ0n) is 6.60. The molecule has 0 saturated carbocycles. The summed E-state index contributed by atoms with van der Waals surface area (Å²) in [4.78, 5) is 0. The highest BCUT2D eigenvalue weighted by molar-refractivity contribution is 7.80. The van der Waals surface area contributed by atoms with Crippen molar-refractivity contribution in [3.63, 3.8) is 0 Å². The SMILES string of the molecule is CN(/N=C\c1ccco1)C(N)=S. The molecule has 0 aliphatic heterocycles. The van der Waals surface area contributed by atoms with Gasteiger partial charge in [0.25, 0.3) is 0 Å². The van der Waals surface area contributed by atoms with Crippen LogP contribution in [0.15, 0.2) is 27.9 Å². The van der Waals surface area contributed by atoms with Gasteiger partial charge in [-0.25, -0.2) is 5.01 Å². The van der Waals surface area contributed by atoms with Crippen LogP contribution in [0.1, 0.15) is 5.76 Å². The first-order chi connectivity index (χ1) is 5.70. The van der Waals surface area contributed by atoms with Crippen LogP contribution in [0.25, 0.3) is 0 Å². The molecule has 2 N–H and O–H groups in total. The Bertz CT molecular complexity index is 281. The van der Waals surface area contributed by atoms with Gasteiger partial charge in [0, 0.05) is 7.05 Å². The highest BCUT2D eigenvalue weighted by atomic mass is 32.1. The minimum Gasteiger partial charge on any atom is -0.463 e. The Hall–Kier alpha value is -1.36. The van der Waals surface area contributed by atoms with Gasteiger partial charge in [-0.2, -0.15) is 5.10 Å². The van der Waals surface area contributed by atoms with Gasteiger partial charge >= 0.3 is 0 Å². The number of thiocarbonyl (C=S) groups is 1. The van der Waals surface area contributed by atoms with E-state index in [1.807, 2.05) is 0 Å². The minimum atomic E-state index is 0.220. The Morgan fingerprint density at radius 2 is 2.58 bits per heavy atom. The molecule has 1 heterocycles. The predicted octanol–water partition coefficient (Wildman–Crippen LogP) is 0.789. The van der Waals surface area contributed by atoms with Gasteiger partial charge in [-0.05, 0) is 24.4 Å². The summed E-state index contributed by atoms with van der Waals surface area (Å²) in [6.45, 7) is 0. The summed E-state index contributed by atoms with van der Waals surface area (Å²) >= 11 is 4.67. The smallest absolute Gasteiger partial charge is 0.186 e. The third-order valence-electron chi connectivity index (χ3n) is 1.22. The fourth-order valence-corrected chi connectivity index (χ4v) is 0.612. The van der Waals surface area contributed by atoms with Gasteiger partial charge in [0.15, 0.2) is 5.11 Å². The molecule has 0 bridgehead atoms. The number of nitrogens with zero attached hydrogens (tertiary/aromatic N) is 2. The minimum absolute atomic E-state index is 0.220. The van der Waals surface area contributed by atoms with Gasteiger partial charge in [0.2, 0.25) is 0 Å². The Morgan fingerprint density at radius 3 is 3.08 bits per heavy atom. The molecule has 0 aliphatic rings. The average molecular weight is 183 g/mol. The molecule has 64 valence electrons. The molecule has 4 nitrogen and oxygen atoms in total. The lowest BCUT2D eigenvalue weighted by Gasteiger charge is -2.07. The Balaban J connectivity index is 2.56. The third-order valence-corrected chi connectivity index (χ3v) is 1.48. The second-order valence-corrected chi connectivity index (χ2v) is 2.54. The van der Waals surface area contributed by atoms with Crippen molar-refractivity contribution in [1.82, 2.24) is 5.01 Å². The van der Waals surface area contributed by atoms with E-state index in [2.05, 4.69) is 17.3 Å². The molecular weight excluding hydrogens is 174 g/mol. The number of hydrogen-bond donors (Lipinski definition) is 1. The molecule has 1 rings (SSSR count). The zero-order chi connectivity index (χ0) is 8.97. The van der Waals surface area contributed by atoms with E-state index < -0.39 is 0 Å². The van der Waals surface area contributed by atoms with Crippen molar-refractivity contribution >= 4 is 23.5 Å². The molecular formula is C7H9N3OS. The van der Waals surface area contributed by atoms with E-state index in [1.54, 1.807) is 31.7 Å². The number of furan rings is 1. The van der Waals surface area contributed by atoms with E-state index in [0.29, 0.717) is 5.76 Å².